The van der Waals surface area contributed by atoms with Gasteiger partial charge in [-0.15, -0.1) is 5.10 Å². The second kappa shape index (κ2) is 10.4. The van der Waals surface area contributed by atoms with Crippen LogP contribution in [0.3, 0.4) is 0 Å². The average molecular weight is 574 g/mol. The van der Waals surface area contributed by atoms with Crippen molar-refractivity contribution in [3.05, 3.63) is 36.3 Å². The molecule has 0 bridgehead atoms. The van der Waals surface area contributed by atoms with Crippen LogP contribution in [0.25, 0.3) is 16.8 Å². The molecule has 12 heteroatoms. The maximum Gasteiger partial charge on any atom is 0.248 e. The van der Waals surface area contributed by atoms with E-state index >= 15 is 0 Å². The summed E-state index contributed by atoms with van der Waals surface area (Å²) < 4.78 is 55.4. The molecule has 2 fully saturated rings. The molecule has 0 aromatic carbocycles. The fraction of sp³-hybridized carbons (Fsp3) is 0.552. The van der Waals surface area contributed by atoms with Gasteiger partial charge < -0.3 is 10.2 Å². The maximum atomic E-state index is 13.5. The standard InChI is InChI=1S/C29H33F4N7O.H2/c1-17-28(2,15-24(30)31)25-22(35-17)4-3-21(37-25)20-9-14-40-23(20)16-34-27(38-40)36-19-7-12-39(13-8-19)26(41)18-5-10-29(32,33)11-6-18;/h3-4,9,14,16,18-19,24H,5-8,10-13,15H2,1-2H3,(H,36,38);1H. The third-order valence-corrected chi connectivity index (χ3v) is 8.94. The number of aliphatic imine (C=N–C) groups is 1. The average Bonchev–Trinajstić information content (AvgIpc) is 3.46. The Morgan fingerprint density at radius 1 is 1.15 bits per heavy atom. The summed E-state index contributed by atoms with van der Waals surface area (Å²) >= 11 is 0. The highest BCUT2D eigenvalue weighted by Crippen LogP contribution is 2.44. The van der Waals surface area contributed by atoms with E-state index in [1.165, 1.54) is 0 Å². The number of nitrogens with one attached hydrogen (secondary N) is 1. The molecule has 1 saturated heterocycles. The van der Waals surface area contributed by atoms with E-state index in [4.69, 9.17) is 4.98 Å². The molecule has 1 N–H and O–H groups in total. The number of piperidine rings is 1. The third kappa shape index (κ3) is 5.28. The van der Waals surface area contributed by atoms with E-state index in [0.29, 0.717) is 54.7 Å². The van der Waals surface area contributed by atoms with Gasteiger partial charge in [-0.3, -0.25) is 9.79 Å². The van der Waals surface area contributed by atoms with E-state index in [1.807, 2.05) is 24.4 Å². The molecular formula is C29H35F4N7O. The van der Waals surface area contributed by atoms with Gasteiger partial charge in [-0.2, -0.15) is 0 Å². The van der Waals surface area contributed by atoms with Crippen LogP contribution in [0.5, 0.6) is 0 Å². The Bertz CT molecular complexity index is 1490. The van der Waals surface area contributed by atoms with Crippen molar-refractivity contribution in [3.8, 4) is 11.3 Å². The van der Waals surface area contributed by atoms with Crippen molar-refractivity contribution in [2.24, 2.45) is 10.9 Å². The minimum atomic E-state index is -2.64. The maximum absolute atomic E-state index is 13.5. The van der Waals surface area contributed by atoms with Gasteiger partial charge in [0.25, 0.3) is 0 Å². The molecule has 8 nitrogen and oxygen atoms in total. The fourth-order valence-electron chi connectivity index (χ4n) is 6.28. The lowest BCUT2D eigenvalue weighted by Gasteiger charge is -2.36. The van der Waals surface area contributed by atoms with Gasteiger partial charge in [0.1, 0.15) is 0 Å². The van der Waals surface area contributed by atoms with Crippen molar-refractivity contribution in [1.82, 2.24) is 24.5 Å². The highest BCUT2D eigenvalue weighted by molar-refractivity contribution is 5.99. The minimum absolute atomic E-state index is 0. The quantitative estimate of drug-likeness (QED) is 0.351. The summed E-state index contributed by atoms with van der Waals surface area (Å²) in [4.78, 5) is 28.4. The Morgan fingerprint density at radius 3 is 2.59 bits per heavy atom. The summed E-state index contributed by atoms with van der Waals surface area (Å²) in [6.07, 6.45) is 2.20. The zero-order chi connectivity index (χ0) is 28.9. The molecule has 3 aliphatic rings. The number of hydrogen-bond donors (Lipinski definition) is 1. The molecule has 5 heterocycles. The second-order valence-corrected chi connectivity index (χ2v) is 11.7. The van der Waals surface area contributed by atoms with E-state index in [9.17, 15) is 22.4 Å². The Morgan fingerprint density at radius 2 is 1.88 bits per heavy atom. The van der Waals surface area contributed by atoms with Crippen molar-refractivity contribution in [1.29, 1.82) is 0 Å². The number of aromatic nitrogens is 4. The van der Waals surface area contributed by atoms with Gasteiger partial charge in [-0.05, 0) is 57.7 Å². The molecule has 2 aliphatic heterocycles. The number of likely N-dealkylation sites (tertiary alicyclic amines) is 1. The summed E-state index contributed by atoms with van der Waals surface area (Å²) in [6.45, 7) is 4.66. The van der Waals surface area contributed by atoms with Crippen molar-refractivity contribution in [2.75, 3.05) is 18.4 Å². The van der Waals surface area contributed by atoms with Gasteiger partial charge in [0.15, 0.2) is 0 Å². The summed E-state index contributed by atoms with van der Waals surface area (Å²) in [5.74, 6) is -2.50. The number of halogens is 4. The first-order valence-electron chi connectivity index (χ1n) is 14.2. The lowest BCUT2D eigenvalue weighted by Crippen LogP contribution is -2.46. The Kier molecular flexibility index (Phi) is 6.97. The fourth-order valence-corrected chi connectivity index (χ4v) is 6.28. The molecule has 0 radical (unpaired) electrons. The van der Waals surface area contributed by atoms with Crippen LogP contribution >= 0.6 is 0 Å². The Labute approximate surface area is 236 Å². The smallest absolute Gasteiger partial charge is 0.248 e. The number of rotatable bonds is 6. The van der Waals surface area contributed by atoms with Crippen molar-refractivity contribution in [3.63, 3.8) is 0 Å². The van der Waals surface area contributed by atoms with Gasteiger partial charge in [0, 0.05) is 63.2 Å². The Hall–Kier alpha value is -3.57. The summed E-state index contributed by atoms with van der Waals surface area (Å²) in [7, 11) is 0. The number of carbonyl (C=O) groups is 1. The van der Waals surface area contributed by atoms with Gasteiger partial charge in [0.2, 0.25) is 24.2 Å². The predicted molar refractivity (Wildman–Crippen MR) is 149 cm³/mol. The highest BCUT2D eigenvalue weighted by Gasteiger charge is 2.41. The molecular weight excluding hydrogens is 538 g/mol. The lowest BCUT2D eigenvalue weighted by atomic mass is 9.80. The second-order valence-electron chi connectivity index (χ2n) is 11.7. The number of nitrogens with zero attached hydrogens (tertiary/aromatic N) is 6. The number of anilines is 1. The number of pyridine rings is 1. The minimum Gasteiger partial charge on any atom is -0.350 e. The van der Waals surface area contributed by atoms with Crippen LogP contribution in [0.1, 0.15) is 65.9 Å². The summed E-state index contributed by atoms with van der Waals surface area (Å²) in [6, 6.07) is 5.61. The largest absolute Gasteiger partial charge is 0.350 e. The zero-order valence-corrected chi connectivity index (χ0v) is 23.1. The SMILES string of the molecule is CC1=Nc2ccc(-c3ccn4nc(NC5CCN(C(=O)C6CCC(F)(F)CC6)CC5)ncc34)nc2C1(C)CC(F)F.[HH]. The monoisotopic (exact) mass is 573 g/mol. The lowest BCUT2D eigenvalue weighted by molar-refractivity contribution is -0.140. The first-order chi connectivity index (χ1) is 19.5. The van der Waals surface area contributed by atoms with Crippen LogP contribution in [0.4, 0.5) is 29.2 Å². The molecule has 3 aromatic heterocycles. The van der Waals surface area contributed by atoms with Gasteiger partial charge in [-0.25, -0.2) is 32.0 Å². The van der Waals surface area contributed by atoms with Crippen molar-refractivity contribution >= 4 is 28.8 Å². The van der Waals surface area contributed by atoms with Gasteiger partial charge in [-0.1, -0.05) is 0 Å². The molecule has 220 valence electrons. The normalized spacial score (nSPS) is 23.2. The Balaban J connectivity index is 0.00000353. The van der Waals surface area contributed by atoms with Crippen LogP contribution < -0.4 is 5.32 Å². The number of carbonyl (C=O) groups excluding carboxylic acids is 1. The molecule has 1 saturated carbocycles. The molecule has 0 spiro atoms. The zero-order valence-electron chi connectivity index (χ0n) is 23.1. The molecule has 1 unspecified atom stereocenters. The van der Waals surface area contributed by atoms with Crippen LogP contribution in [-0.4, -0.2) is 67.6 Å². The summed E-state index contributed by atoms with van der Waals surface area (Å²) in [5.41, 5.74) is 3.04. The van der Waals surface area contributed by atoms with E-state index in [1.54, 1.807) is 29.5 Å². The first kappa shape index (κ1) is 27.6. The molecule has 41 heavy (non-hydrogen) atoms. The predicted octanol–water partition coefficient (Wildman–Crippen LogP) is 6.28. The van der Waals surface area contributed by atoms with Crippen molar-refractivity contribution < 1.29 is 23.8 Å². The number of fused-ring (bicyclic) bond motifs is 2. The van der Waals surface area contributed by atoms with E-state index in [0.717, 1.165) is 11.1 Å². The van der Waals surface area contributed by atoms with Gasteiger partial charge in [0.05, 0.1) is 34.2 Å². The van der Waals surface area contributed by atoms with Crippen LogP contribution in [0.15, 0.2) is 35.6 Å². The number of amides is 1. The number of hydrogen-bond acceptors (Lipinski definition) is 6. The van der Waals surface area contributed by atoms with Crippen molar-refractivity contribution in [2.45, 2.75) is 82.6 Å². The molecule has 1 aliphatic carbocycles. The topological polar surface area (TPSA) is 87.8 Å². The van der Waals surface area contributed by atoms with E-state index in [2.05, 4.69) is 20.4 Å². The van der Waals surface area contributed by atoms with E-state index in [-0.39, 0.29) is 51.4 Å². The molecule has 1 amide bonds. The van der Waals surface area contributed by atoms with Gasteiger partial charge >= 0.3 is 0 Å². The van der Waals surface area contributed by atoms with Crippen LogP contribution in [-0.2, 0) is 10.2 Å². The molecule has 6 rings (SSSR count). The van der Waals surface area contributed by atoms with Crippen LogP contribution in [0, 0.1) is 5.92 Å². The first-order valence-corrected chi connectivity index (χ1v) is 14.2. The molecule has 1 atom stereocenters. The van der Waals surface area contributed by atoms with E-state index < -0.39 is 17.8 Å². The number of alkyl halides is 4. The van der Waals surface area contributed by atoms with Crippen LogP contribution in [0.2, 0.25) is 0 Å². The highest BCUT2D eigenvalue weighted by atomic mass is 19.3. The third-order valence-electron chi connectivity index (χ3n) is 8.94. The molecule has 3 aromatic rings. The summed E-state index contributed by atoms with van der Waals surface area (Å²) in [5, 5.41) is 7.96.